The van der Waals surface area contributed by atoms with Gasteiger partial charge in [0, 0.05) is 11.4 Å². The predicted octanol–water partition coefficient (Wildman–Crippen LogP) is 1.66. The minimum atomic E-state index is -0.746. The molecule has 0 fully saturated rings. The molecule has 0 radical (unpaired) electrons. The van der Waals surface area contributed by atoms with Crippen LogP contribution in [0.5, 0.6) is 0 Å². The lowest BCUT2D eigenvalue weighted by atomic mass is 10.2. The summed E-state index contributed by atoms with van der Waals surface area (Å²) in [6, 6.07) is 2.11. The number of hydrogen-bond donors (Lipinski definition) is 2. The van der Waals surface area contributed by atoms with E-state index in [1.807, 2.05) is 0 Å². The number of aliphatic carboxylic acids is 1. The van der Waals surface area contributed by atoms with Crippen LogP contribution in [0.4, 0.5) is 0 Å². The fraction of sp³-hybridized carbons (Fsp3) is 0.500. The SMILES string of the molecule is Cc1ccsc1CCNCCC(=O)O. The van der Waals surface area contributed by atoms with Crippen LogP contribution in [-0.2, 0) is 11.2 Å². The van der Waals surface area contributed by atoms with Gasteiger partial charge in [-0.15, -0.1) is 11.3 Å². The lowest BCUT2D eigenvalue weighted by molar-refractivity contribution is -0.136. The fourth-order valence-electron chi connectivity index (χ4n) is 1.18. The van der Waals surface area contributed by atoms with Gasteiger partial charge in [-0.2, -0.15) is 0 Å². The van der Waals surface area contributed by atoms with Crippen molar-refractivity contribution in [2.45, 2.75) is 19.8 Å². The number of carboxylic acids is 1. The first-order valence-corrected chi connectivity index (χ1v) is 5.53. The molecule has 78 valence electrons. The minimum absolute atomic E-state index is 0.198. The number of carbonyl (C=O) groups is 1. The normalized spacial score (nSPS) is 10.4. The second-order valence-electron chi connectivity index (χ2n) is 3.17. The van der Waals surface area contributed by atoms with Crippen molar-refractivity contribution in [3.63, 3.8) is 0 Å². The van der Waals surface area contributed by atoms with Crippen LogP contribution >= 0.6 is 11.3 Å². The molecule has 4 heteroatoms. The van der Waals surface area contributed by atoms with Crippen LogP contribution in [-0.4, -0.2) is 24.2 Å². The van der Waals surface area contributed by atoms with Gasteiger partial charge < -0.3 is 10.4 Å². The lowest BCUT2D eigenvalue weighted by Crippen LogP contribution is -2.20. The Hall–Kier alpha value is -0.870. The summed E-state index contributed by atoms with van der Waals surface area (Å²) >= 11 is 1.76. The van der Waals surface area contributed by atoms with Gasteiger partial charge in [0.1, 0.15) is 0 Å². The van der Waals surface area contributed by atoms with Gasteiger partial charge in [0.05, 0.1) is 6.42 Å². The van der Waals surface area contributed by atoms with Crippen molar-refractivity contribution in [1.82, 2.24) is 5.32 Å². The molecule has 1 heterocycles. The highest BCUT2D eigenvalue weighted by Gasteiger charge is 1.99. The molecule has 3 nitrogen and oxygen atoms in total. The highest BCUT2D eigenvalue weighted by atomic mass is 32.1. The van der Waals surface area contributed by atoms with Crippen molar-refractivity contribution in [3.05, 3.63) is 21.9 Å². The van der Waals surface area contributed by atoms with Gasteiger partial charge in [-0.3, -0.25) is 4.79 Å². The first-order valence-electron chi connectivity index (χ1n) is 4.65. The number of thiophene rings is 1. The second kappa shape index (κ2) is 5.78. The topological polar surface area (TPSA) is 49.3 Å². The molecule has 0 atom stereocenters. The predicted molar refractivity (Wildman–Crippen MR) is 57.9 cm³/mol. The maximum absolute atomic E-state index is 10.2. The van der Waals surface area contributed by atoms with Gasteiger partial charge in [0.25, 0.3) is 0 Å². The molecule has 0 aliphatic rings. The van der Waals surface area contributed by atoms with Crippen molar-refractivity contribution in [3.8, 4) is 0 Å². The molecule has 0 amide bonds. The monoisotopic (exact) mass is 213 g/mol. The first-order chi connectivity index (χ1) is 6.70. The standard InChI is InChI=1S/C10H15NO2S/c1-8-4-7-14-9(8)2-5-11-6-3-10(12)13/h4,7,11H,2-3,5-6H2,1H3,(H,12,13). The lowest BCUT2D eigenvalue weighted by Gasteiger charge is -2.02. The number of rotatable bonds is 6. The summed E-state index contributed by atoms with van der Waals surface area (Å²) < 4.78 is 0. The number of carboxylic acid groups (broad SMARTS) is 1. The Morgan fingerprint density at radius 2 is 2.36 bits per heavy atom. The van der Waals surface area contributed by atoms with Crippen LogP contribution in [0.1, 0.15) is 16.9 Å². The maximum atomic E-state index is 10.2. The summed E-state index contributed by atoms with van der Waals surface area (Å²) in [4.78, 5) is 11.6. The molecule has 0 aliphatic carbocycles. The van der Waals surface area contributed by atoms with Gasteiger partial charge in [-0.25, -0.2) is 0 Å². The average Bonchev–Trinajstić information content (AvgIpc) is 2.51. The molecule has 1 aromatic heterocycles. The van der Waals surface area contributed by atoms with E-state index in [4.69, 9.17) is 5.11 Å². The number of nitrogens with one attached hydrogen (secondary N) is 1. The van der Waals surface area contributed by atoms with Crippen LogP contribution in [0.3, 0.4) is 0 Å². The van der Waals surface area contributed by atoms with Crippen molar-refractivity contribution < 1.29 is 9.90 Å². The Balaban J connectivity index is 2.10. The second-order valence-corrected chi connectivity index (χ2v) is 4.17. The van der Waals surface area contributed by atoms with Gasteiger partial charge in [-0.05, 0) is 36.9 Å². The molecule has 0 aliphatic heterocycles. The third-order valence-corrected chi connectivity index (χ3v) is 3.10. The molecule has 0 aromatic carbocycles. The summed E-state index contributed by atoms with van der Waals surface area (Å²) in [5.41, 5.74) is 1.33. The van der Waals surface area contributed by atoms with Crippen molar-refractivity contribution in [1.29, 1.82) is 0 Å². The Bertz CT molecular complexity index is 296. The fourth-order valence-corrected chi connectivity index (χ4v) is 2.09. The van der Waals surface area contributed by atoms with Crippen molar-refractivity contribution in [2.24, 2.45) is 0 Å². The third-order valence-electron chi connectivity index (χ3n) is 2.01. The summed E-state index contributed by atoms with van der Waals surface area (Å²) in [6.45, 7) is 3.51. The van der Waals surface area contributed by atoms with Gasteiger partial charge >= 0.3 is 5.97 Å². The molecule has 14 heavy (non-hydrogen) atoms. The van der Waals surface area contributed by atoms with Gasteiger partial charge in [0.2, 0.25) is 0 Å². The highest BCUT2D eigenvalue weighted by Crippen LogP contribution is 2.15. The van der Waals surface area contributed by atoms with Crippen LogP contribution in [0.25, 0.3) is 0 Å². The first kappa shape index (κ1) is 11.2. The van der Waals surface area contributed by atoms with E-state index in [9.17, 15) is 4.79 Å². The highest BCUT2D eigenvalue weighted by molar-refractivity contribution is 7.10. The zero-order valence-corrected chi connectivity index (χ0v) is 9.06. The molecule has 0 spiro atoms. The van der Waals surface area contributed by atoms with E-state index in [1.54, 1.807) is 11.3 Å². The zero-order chi connectivity index (χ0) is 10.4. The molecule has 1 rings (SSSR count). The Labute approximate surface area is 87.8 Å². The minimum Gasteiger partial charge on any atom is -0.481 e. The Morgan fingerprint density at radius 1 is 1.57 bits per heavy atom. The molecular formula is C10H15NO2S. The molecule has 0 saturated carbocycles. The van der Waals surface area contributed by atoms with Crippen LogP contribution in [0.2, 0.25) is 0 Å². The molecule has 0 saturated heterocycles. The molecule has 0 unspecified atom stereocenters. The van der Waals surface area contributed by atoms with Crippen LogP contribution in [0.15, 0.2) is 11.4 Å². The Kier molecular flexibility index (Phi) is 4.62. The largest absolute Gasteiger partial charge is 0.481 e. The van der Waals surface area contributed by atoms with Crippen molar-refractivity contribution >= 4 is 17.3 Å². The molecule has 0 bridgehead atoms. The molecular weight excluding hydrogens is 198 g/mol. The van der Waals surface area contributed by atoms with Gasteiger partial charge in [0.15, 0.2) is 0 Å². The smallest absolute Gasteiger partial charge is 0.304 e. The number of hydrogen-bond acceptors (Lipinski definition) is 3. The van der Waals surface area contributed by atoms with Crippen LogP contribution < -0.4 is 5.32 Å². The maximum Gasteiger partial charge on any atom is 0.304 e. The number of aryl methyl sites for hydroxylation is 1. The van der Waals surface area contributed by atoms with E-state index in [0.717, 1.165) is 13.0 Å². The van der Waals surface area contributed by atoms with Crippen molar-refractivity contribution in [2.75, 3.05) is 13.1 Å². The zero-order valence-electron chi connectivity index (χ0n) is 8.25. The third kappa shape index (κ3) is 3.89. The van der Waals surface area contributed by atoms with E-state index in [1.165, 1.54) is 10.4 Å². The summed E-state index contributed by atoms with van der Waals surface area (Å²) in [6.07, 6.45) is 1.19. The summed E-state index contributed by atoms with van der Waals surface area (Å²) in [5, 5.41) is 13.6. The average molecular weight is 213 g/mol. The Morgan fingerprint density at radius 3 is 2.93 bits per heavy atom. The quantitative estimate of drug-likeness (QED) is 0.707. The van der Waals surface area contributed by atoms with E-state index in [2.05, 4.69) is 23.7 Å². The molecule has 1 aromatic rings. The van der Waals surface area contributed by atoms with Crippen LogP contribution in [0, 0.1) is 6.92 Å². The van der Waals surface area contributed by atoms with Gasteiger partial charge in [-0.1, -0.05) is 0 Å². The summed E-state index contributed by atoms with van der Waals surface area (Å²) in [5.74, 6) is -0.746. The van der Waals surface area contributed by atoms with E-state index >= 15 is 0 Å². The molecule has 2 N–H and O–H groups in total. The van der Waals surface area contributed by atoms with E-state index in [0.29, 0.717) is 6.54 Å². The summed E-state index contributed by atoms with van der Waals surface area (Å²) in [7, 11) is 0. The van der Waals surface area contributed by atoms with E-state index < -0.39 is 5.97 Å². The van der Waals surface area contributed by atoms with E-state index in [-0.39, 0.29) is 6.42 Å².